The maximum absolute atomic E-state index is 12.2. The van der Waals surface area contributed by atoms with Gasteiger partial charge in [0.25, 0.3) is 5.91 Å². The van der Waals surface area contributed by atoms with Crippen molar-refractivity contribution in [3.05, 3.63) is 33.8 Å². The number of aryl methyl sites for hydroxylation is 1. The molecule has 1 aliphatic rings. The van der Waals surface area contributed by atoms with Crippen molar-refractivity contribution in [2.45, 2.75) is 39.8 Å². The van der Waals surface area contributed by atoms with E-state index in [1.807, 2.05) is 26.0 Å². The van der Waals surface area contributed by atoms with Gasteiger partial charge in [-0.2, -0.15) is 0 Å². The van der Waals surface area contributed by atoms with Gasteiger partial charge in [-0.25, -0.2) is 0 Å². The van der Waals surface area contributed by atoms with Gasteiger partial charge in [-0.05, 0) is 44.4 Å². The summed E-state index contributed by atoms with van der Waals surface area (Å²) in [5.41, 5.74) is 2.70. The van der Waals surface area contributed by atoms with E-state index in [1.54, 1.807) is 6.92 Å². The topological polar surface area (TPSA) is 73.3 Å². The first-order valence-corrected chi connectivity index (χ1v) is 8.38. The van der Waals surface area contributed by atoms with Crippen LogP contribution in [0.1, 0.15) is 40.3 Å². The molecule has 0 fully saturated rings. The molecule has 2 heterocycles. The Bertz CT molecular complexity index is 729. The van der Waals surface area contributed by atoms with Crippen molar-refractivity contribution in [2.75, 3.05) is 6.61 Å². The Labute approximate surface area is 139 Å². The second-order valence-corrected chi connectivity index (χ2v) is 6.26. The Hall–Kier alpha value is -2.15. The fraction of sp³-hybridized carbons (Fsp3) is 0.438. The number of carbonyl (C=O) groups excluding carboxylic acids is 1. The summed E-state index contributed by atoms with van der Waals surface area (Å²) in [5, 5.41) is 6.76. The van der Waals surface area contributed by atoms with E-state index in [0.29, 0.717) is 23.7 Å². The van der Waals surface area contributed by atoms with Gasteiger partial charge in [-0.3, -0.25) is 4.79 Å². The normalized spacial score (nSPS) is 15.9. The van der Waals surface area contributed by atoms with Crippen molar-refractivity contribution in [3.8, 4) is 11.5 Å². The lowest BCUT2D eigenvalue weighted by Gasteiger charge is -2.13. The van der Waals surface area contributed by atoms with Gasteiger partial charge in [-0.1, -0.05) is 4.49 Å². The third-order valence-corrected chi connectivity index (χ3v) is 4.50. The van der Waals surface area contributed by atoms with Crippen LogP contribution < -0.4 is 14.8 Å². The van der Waals surface area contributed by atoms with Crippen LogP contribution in [-0.4, -0.2) is 28.2 Å². The number of hydrogen-bond donors (Lipinski definition) is 1. The van der Waals surface area contributed by atoms with Gasteiger partial charge in [0.05, 0.1) is 12.3 Å². The van der Waals surface area contributed by atoms with Gasteiger partial charge < -0.3 is 14.8 Å². The van der Waals surface area contributed by atoms with E-state index in [1.165, 1.54) is 0 Å². The van der Waals surface area contributed by atoms with Crippen LogP contribution in [0.5, 0.6) is 11.5 Å². The van der Waals surface area contributed by atoms with Crippen LogP contribution in [0.2, 0.25) is 0 Å². The highest BCUT2D eigenvalue weighted by Crippen LogP contribution is 2.35. The maximum atomic E-state index is 12.2. The van der Waals surface area contributed by atoms with Crippen LogP contribution in [0, 0.1) is 6.92 Å². The number of aromatic nitrogens is 2. The van der Waals surface area contributed by atoms with Crippen LogP contribution in [0.25, 0.3) is 0 Å². The van der Waals surface area contributed by atoms with Crippen LogP contribution in [0.15, 0.2) is 12.1 Å². The van der Waals surface area contributed by atoms with E-state index in [-0.39, 0.29) is 12.0 Å². The minimum Gasteiger partial charge on any atom is -0.494 e. The summed E-state index contributed by atoms with van der Waals surface area (Å²) in [6, 6.07) is 3.98. The highest BCUT2D eigenvalue weighted by Gasteiger charge is 2.22. The quantitative estimate of drug-likeness (QED) is 0.910. The SMILES string of the molecule is CCOc1cc2c(cc1CNC(=O)c1snnc1C)O[C@H](C)C2. The first-order chi connectivity index (χ1) is 11.1. The second-order valence-electron chi connectivity index (χ2n) is 5.50. The van der Waals surface area contributed by atoms with E-state index in [0.717, 1.165) is 40.6 Å². The number of fused-ring (bicyclic) bond motifs is 1. The highest BCUT2D eigenvalue weighted by atomic mass is 32.1. The van der Waals surface area contributed by atoms with E-state index < -0.39 is 0 Å². The molecular weight excluding hydrogens is 314 g/mol. The monoisotopic (exact) mass is 333 g/mol. The van der Waals surface area contributed by atoms with Crippen LogP contribution >= 0.6 is 11.5 Å². The summed E-state index contributed by atoms with van der Waals surface area (Å²) in [7, 11) is 0. The lowest BCUT2D eigenvalue weighted by Crippen LogP contribution is -2.23. The number of rotatable bonds is 5. The molecule has 0 bridgehead atoms. The molecule has 1 aromatic heterocycles. The molecule has 122 valence electrons. The third-order valence-electron chi connectivity index (χ3n) is 3.68. The largest absolute Gasteiger partial charge is 0.494 e. The maximum Gasteiger partial charge on any atom is 0.265 e. The zero-order valence-electron chi connectivity index (χ0n) is 13.4. The smallest absolute Gasteiger partial charge is 0.265 e. The number of benzene rings is 1. The third kappa shape index (κ3) is 3.29. The van der Waals surface area contributed by atoms with Gasteiger partial charge in [-0.15, -0.1) is 5.10 Å². The summed E-state index contributed by atoms with van der Waals surface area (Å²) < 4.78 is 15.3. The molecule has 1 amide bonds. The molecule has 1 atom stereocenters. The molecule has 0 spiro atoms. The number of carbonyl (C=O) groups is 1. The van der Waals surface area contributed by atoms with Crippen molar-refractivity contribution in [1.29, 1.82) is 0 Å². The Kier molecular flexibility index (Phi) is 4.47. The van der Waals surface area contributed by atoms with E-state index in [9.17, 15) is 4.79 Å². The van der Waals surface area contributed by atoms with E-state index in [2.05, 4.69) is 14.9 Å². The van der Waals surface area contributed by atoms with Gasteiger partial charge in [0.1, 0.15) is 22.5 Å². The minimum atomic E-state index is -0.172. The zero-order chi connectivity index (χ0) is 16.4. The number of nitrogens with one attached hydrogen (secondary N) is 1. The lowest BCUT2D eigenvalue weighted by molar-refractivity contribution is 0.0954. The van der Waals surface area contributed by atoms with Crippen LogP contribution in [-0.2, 0) is 13.0 Å². The number of nitrogens with zero attached hydrogens (tertiary/aromatic N) is 2. The summed E-state index contributed by atoms with van der Waals surface area (Å²) in [6.45, 7) is 6.71. The van der Waals surface area contributed by atoms with Crippen molar-refractivity contribution < 1.29 is 14.3 Å². The van der Waals surface area contributed by atoms with Gasteiger partial charge in [0.15, 0.2) is 0 Å². The van der Waals surface area contributed by atoms with E-state index in [4.69, 9.17) is 9.47 Å². The molecule has 0 unspecified atom stereocenters. The number of amides is 1. The summed E-state index contributed by atoms with van der Waals surface area (Å²) >= 11 is 1.10. The lowest BCUT2D eigenvalue weighted by atomic mass is 10.1. The molecule has 0 saturated heterocycles. The molecule has 2 aromatic rings. The number of hydrogen-bond acceptors (Lipinski definition) is 6. The summed E-state index contributed by atoms with van der Waals surface area (Å²) in [4.78, 5) is 12.7. The molecular formula is C16H19N3O3S. The molecule has 1 N–H and O–H groups in total. The predicted octanol–water partition coefficient (Wildman–Crippen LogP) is 2.50. The zero-order valence-corrected chi connectivity index (χ0v) is 14.2. The summed E-state index contributed by atoms with van der Waals surface area (Å²) in [5.74, 6) is 1.50. The first-order valence-electron chi connectivity index (χ1n) is 7.61. The molecule has 1 aliphatic heterocycles. The fourth-order valence-electron chi connectivity index (χ4n) is 2.60. The van der Waals surface area contributed by atoms with Crippen LogP contribution in [0.4, 0.5) is 0 Å². The Morgan fingerprint density at radius 1 is 1.52 bits per heavy atom. The van der Waals surface area contributed by atoms with Gasteiger partial charge in [0, 0.05) is 24.1 Å². The molecule has 0 aliphatic carbocycles. The van der Waals surface area contributed by atoms with Crippen molar-refractivity contribution in [3.63, 3.8) is 0 Å². The molecule has 6 nitrogen and oxygen atoms in total. The van der Waals surface area contributed by atoms with E-state index >= 15 is 0 Å². The Morgan fingerprint density at radius 3 is 3.04 bits per heavy atom. The van der Waals surface area contributed by atoms with Crippen molar-refractivity contribution in [2.24, 2.45) is 0 Å². The Balaban J connectivity index is 1.78. The van der Waals surface area contributed by atoms with Crippen LogP contribution in [0.3, 0.4) is 0 Å². The molecule has 3 rings (SSSR count). The Morgan fingerprint density at radius 2 is 2.35 bits per heavy atom. The van der Waals surface area contributed by atoms with Crippen molar-refractivity contribution in [1.82, 2.24) is 14.9 Å². The first kappa shape index (κ1) is 15.7. The summed E-state index contributed by atoms with van der Waals surface area (Å²) in [6.07, 6.45) is 1.06. The second kappa shape index (κ2) is 6.54. The average molecular weight is 333 g/mol. The minimum absolute atomic E-state index is 0.172. The predicted molar refractivity (Wildman–Crippen MR) is 87.2 cm³/mol. The molecule has 23 heavy (non-hydrogen) atoms. The standard InChI is InChI=1S/C16H19N3O3S/c1-4-21-13-6-11-5-9(2)22-14(11)7-12(13)8-17-16(20)15-10(3)18-19-23-15/h6-7,9H,4-5,8H2,1-3H3,(H,17,20)/t9-/m1/s1. The number of ether oxygens (including phenoxy) is 2. The fourth-order valence-corrected chi connectivity index (χ4v) is 3.18. The van der Waals surface area contributed by atoms with Crippen molar-refractivity contribution >= 4 is 17.4 Å². The molecule has 0 radical (unpaired) electrons. The van der Waals surface area contributed by atoms with Gasteiger partial charge >= 0.3 is 0 Å². The molecule has 0 saturated carbocycles. The highest BCUT2D eigenvalue weighted by molar-refractivity contribution is 7.07. The average Bonchev–Trinajstić information content (AvgIpc) is 3.09. The van der Waals surface area contributed by atoms with Gasteiger partial charge in [0.2, 0.25) is 0 Å². The molecule has 7 heteroatoms. The molecule has 1 aromatic carbocycles.